The van der Waals surface area contributed by atoms with E-state index in [4.69, 9.17) is 0 Å². The van der Waals surface area contributed by atoms with E-state index in [-0.39, 0.29) is 17.7 Å². The SMILES string of the molecule is Cn1cnc([N+](=O)[O-])c1C(Cc1ccccc1F)C(=O)O. The number of carboxylic acid groups (broad SMARTS) is 1. The molecule has 8 heteroatoms. The van der Waals surface area contributed by atoms with Crippen LogP contribution in [0.4, 0.5) is 10.2 Å². The van der Waals surface area contributed by atoms with Crippen LogP contribution < -0.4 is 0 Å². The lowest BCUT2D eigenvalue weighted by Crippen LogP contribution is -2.19. The molecule has 1 N–H and O–H groups in total. The first kappa shape index (κ1) is 14.6. The predicted molar refractivity (Wildman–Crippen MR) is 70.3 cm³/mol. The minimum Gasteiger partial charge on any atom is -0.481 e. The van der Waals surface area contributed by atoms with Gasteiger partial charge in [0.25, 0.3) is 0 Å². The summed E-state index contributed by atoms with van der Waals surface area (Å²) in [4.78, 5) is 25.2. The van der Waals surface area contributed by atoms with Gasteiger partial charge in [-0.05, 0) is 28.0 Å². The highest BCUT2D eigenvalue weighted by atomic mass is 19.1. The lowest BCUT2D eigenvalue weighted by molar-refractivity contribution is -0.390. The van der Waals surface area contributed by atoms with Crippen LogP contribution in [0.2, 0.25) is 0 Å². The third-order valence-corrected chi connectivity index (χ3v) is 3.15. The molecule has 0 radical (unpaired) electrons. The Bertz CT molecular complexity index is 698. The topological polar surface area (TPSA) is 98.3 Å². The largest absolute Gasteiger partial charge is 0.481 e. The summed E-state index contributed by atoms with van der Waals surface area (Å²) in [6.07, 6.45) is 0.979. The third-order valence-electron chi connectivity index (χ3n) is 3.15. The van der Waals surface area contributed by atoms with E-state index >= 15 is 0 Å². The van der Waals surface area contributed by atoms with Crippen molar-refractivity contribution < 1.29 is 19.2 Å². The van der Waals surface area contributed by atoms with Gasteiger partial charge < -0.3 is 19.8 Å². The maximum absolute atomic E-state index is 13.7. The molecule has 0 spiro atoms. The van der Waals surface area contributed by atoms with Gasteiger partial charge in [-0.15, -0.1) is 0 Å². The van der Waals surface area contributed by atoms with Crippen molar-refractivity contribution in [3.05, 3.63) is 57.8 Å². The molecule has 2 rings (SSSR count). The highest BCUT2D eigenvalue weighted by Crippen LogP contribution is 2.29. The number of benzene rings is 1. The van der Waals surface area contributed by atoms with Crippen LogP contribution in [0.5, 0.6) is 0 Å². The van der Waals surface area contributed by atoms with E-state index in [0.717, 1.165) is 0 Å². The van der Waals surface area contributed by atoms with Gasteiger partial charge in [0.1, 0.15) is 17.4 Å². The van der Waals surface area contributed by atoms with Crippen LogP contribution in [0, 0.1) is 15.9 Å². The number of hydrogen-bond acceptors (Lipinski definition) is 4. The number of rotatable bonds is 5. The highest BCUT2D eigenvalue weighted by molar-refractivity contribution is 5.77. The van der Waals surface area contributed by atoms with Crippen LogP contribution in [-0.2, 0) is 18.3 Å². The van der Waals surface area contributed by atoms with Gasteiger partial charge in [0, 0.05) is 7.05 Å². The standard InChI is InChI=1S/C13H12FN3O4/c1-16-7-15-12(17(20)21)11(16)9(13(18)19)6-8-4-2-3-5-10(8)14/h2-5,7,9H,6H2,1H3,(H,18,19). The number of halogens is 1. The van der Waals surface area contributed by atoms with Crippen LogP contribution in [0.3, 0.4) is 0 Å². The van der Waals surface area contributed by atoms with Crippen molar-refractivity contribution in [3.8, 4) is 0 Å². The lowest BCUT2D eigenvalue weighted by Gasteiger charge is -2.13. The molecule has 1 atom stereocenters. The van der Waals surface area contributed by atoms with E-state index in [9.17, 15) is 24.4 Å². The molecule has 1 aromatic carbocycles. The second-order valence-electron chi connectivity index (χ2n) is 4.51. The quantitative estimate of drug-likeness (QED) is 0.670. The Kier molecular flexibility index (Phi) is 3.97. The first-order valence-electron chi connectivity index (χ1n) is 6.03. The average molecular weight is 293 g/mol. The Morgan fingerprint density at radius 2 is 2.19 bits per heavy atom. The molecule has 0 aliphatic rings. The molecule has 0 fully saturated rings. The minimum absolute atomic E-state index is 0.0595. The molecule has 0 saturated heterocycles. The number of imidazole rings is 1. The van der Waals surface area contributed by atoms with Crippen LogP contribution in [-0.4, -0.2) is 25.6 Å². The molecule has 21 heavy (non-hydrogen) atoms. The summed E-state index contributed by atoms with van der Waals surface area (Å²) in [6.45, 7) is 0. The molecule has 2 aromatic rings. The van der Waals surface area contributed by atoms with Crippen molar-refractivity contribution in [2.24, 2.45) is 7.05 Å². The molecular weight excluding hydrogens is 281 g/mol. The number of carboxylic acids is 1. The van der Waals surface area contributed by atoms with Crippen molar-refractivity contribution in [1.82, 2.24) is 9.55 Å². The number of hydrogen-bond donors (Lipinski definition) is 1. The molecule has 0 aliphatic carbocycles. The van der Waals surface area contributed by atoms with Crippen molar-refractivity contribution >= 4 is 11.8 Å². The first-order valence-corrected chi connectivity index (χ1v) is 6.03. The summed E-state index contributed by atoms with van der Waals surface area (Å²) in [5, 5.41) is 20.3. The van der Waals surface area contributed by atoms with Crippen LogP contribution >= 0.6 is 0 Å². The van der Waals surface area contributed by atoms with E-state index in [0.29, 0.717) is 0 Å². The maximum atomic E-state index is 13.7. The van der Waals surface area contributed by atoms with E-state index < -0.39 is 28.4 Å². The molecular formula is C13H12FN3O4. The maximum Gasteiger partial charge on any atom is 0.385 e. The van der Waals surface area contributed by atoms with Crippen molar-refractivity contribution in [2.75, 3.05) is 0 Å². The molecule has 1 aromatic heterocycles. The number of aliphatic carboxylic acids is 1. The van der Waals surface area contributed by atoms with E-state index in [1.165, 1.54) is 36.1 Å². The zero-order valence-electron chi connectivity index (χ0n) is 11.1. The van der Waals surface area contributed by atoms with E-state index in [2.05, 4.69) is 4.98 Å². The molecule has 0 amide bonds. The molecule has 0 saturated carbocycles. The number of nitro groups is 1. The fraction of sp³-hybridized carbons (Fsp3) is 0.231. The van der Waals surface area contributed by atoms with Gasteiger partial charge in [0.2, 0.25) is 6.33 Å². The van der Waals surface area contributed by atoms with Gasteiger partial charge in [0.15, 0.2) is 0 Å². The average Bonchev–Trinajstić information content (AvgIpc) is 2.79. The molecule has 0 bridgehead atoms. The Labute approximate surface area is 118 Å². The van der Waals surface area contributed by atoms with Crippen LogP contribution in [0.25, 0.3) is 0 Å². The van der Waals surface area contributed by atoms with E-state index in [1.54, 1.807) is 6.07 Å². The highest BCUT2D eigenvalue weighted by Gasteiger charge is 2.33. The van der Waals surface area contributed by atoms with Gasteiger partial charge in [-0.25, -0.2) is 4.39 Å². The third kappa shape index (κ3) is 2.88. The fourth-order valence-corrected chi connectivity index (χ4v) is 2.15. The summed E-state index contributed by atoms with van der Waals surface area (Å²) < 4.78 is 14.9. The van der Waals surface area contributed by atoms with Gasteiger partial charge in [-0.3, -0.25) is 4.79 Å². The van der Waals surface area contributed by atoms with Crippen LogP contribution in [0.15, 0.2) is 30.6 Å². The summed E-state index contributed by atoms with van der Waals surface area (Å²) in [6, 6.07) is 5.73. The number of aromatic nitrogens is 2. The first-order chi connectivity index (χ1) is 9.91. The zero-order chi connectivity index (χ0) is 15.6. The zero-order valence-corrected chi connectivity index (χ0v) is 11.1. The van der Waals surface area contributed by atoms with Gasteiger partial charge in [-0.1, -0.05) is 18.2 Å². The molecule has 110 valence electrons. The normalized spacial score (nSPS) is 12.1. The molecule has 1 heterocycles. The summed E-state index contributed by atoms with van der Waals surface area (Å²) in [5.41, 5.74) is 0.121. The summed E-state index contributed by atoms with van der Waals surface area (Å²) in [7, 11) is 1.46. The van der Waals surface area contributed by atoms with E-state index in [1.807, 2.05) is 0 Å². The number of aryl methyl sites for hydroxylation is 1. The van der Waals surface area contributed by atoms with Gasteiger partial charge in [0.05, 0.1) is 0 Å². The Hall–Kier alpha value is -2.77. The van der Waals surface area contributed by atoms with Crippen molar-refractivity contribution in [3.63, 3.8) is 0 Å². The smallest absolute Gasteiger partial charge is 0.385 e. The minimum atomic E-state index is -1.27. The summed E-state index contributed by atoms with van der Waals surface area (Å²) >= 11 is 0. The van der Waals surface area contributed by atoms with Crippen LogP contribution in [0.1, 0.15) is 17.2 Å². The lowest BCUT2D eigenvalue weighted by atomic mass is 9.95. The fourth-order valence-electron chi connectivity index (χ4n) is 2.15. The monoisotopic (exact) mass is 293 g/mol. The molecule has 0 aliphatic heterocycles. The van der Waals surface area contributed by atoms with Crippen molar-refractivity contribution in [1.29, 1.82) is 0 Å². The summed E-state index contributed by atoms with van der Waals surface area (Å²) in [5.74, 6) is -3.60. The Morgan fingerprint density at radius 1 is 1.52 bits per heavy atom. The van der Waals surface area contributed by atoms with Gasteiger partial charge >= 0.3 is 11.8 Å². The Balaban J connectivity index is 2.46. The van der Waals surface area contributed by atoms with Gasteiger partial charge in [-0.2, -0.15) is 0 Å². The second-order valence-corrected chi connectivity index (χ2v) is 4.51. The van der Waals surface area contributed by atoms with Crippen molar-refractivity contribution in [2.45, 2.75) is 12.3 Å². The number of nitrogens with zero attached hydrogens (tertiary/aromatic N) is 3. The predicted octanol–water partition coefficient (Wildman–Crippen LogP) is 1.88. The molecule has 7 nitrogen and oxygen atoms in total. The number of carbonyl (C=O) groups is 1. The molecule has 1 unspecified atom stereocenters. The Morgan fingerprint density at radius 3 is 2.76 bits per heavy atom. The second kappa shape index (κ2) is 5.70.